The molecule has 1 rings (SSSR count). The van der Waals surface area contributed by atoms with Gasteiger partial charge in [0, 0.05) is 11.6 Å². The molecule has 1 unspecified atom stereocenters. The Bertz CT molecular complexity index is 533. The molecule has 0 spiro atoms. The standard InChI is InChI=1S/C14H26N2O3S2/c1-11(8-9-20-5)16-21(17,18)13-7-6-12(19-13)10-15-14(2,3)4/h6-7,11,15-16H,8-10H2,1-5H3. The van der Waals surface area contributed by atoms with Gasteiger partial charge >= 0.3 is 0 Å². The molecule has 2 N–H and O–H groups in total. The van der Waals surface area contributed by atoms with Gasteiger partial charge < -0.3 is 9.73 Å². The lowest BCUT2D eigenvalue weighted by Crippen LogP contribution is -2.35. The van der Waals surface area contributed by atoms with Crippen LogP contribution in [0.1, 0.15) is 39.9 Å². The molecule has 0 aliphatic carbocycles. The van der Waals surface area contributed by atoms with Crippen molar-refractivity contribution in [3.63, 3.8) is 0 Å². The molecule has 1 aromatic rings. The number of rotatable bonds is 8. The van der Waals surface area contributed by atoms with Crippen molar-refractivity contribution in [1.82, 2.24) is 10.0 Å². The van der Waals surface area contributed by atoms with Gasteiger partial charge in [-0.15, -0.1) is 0 Å². The van der Waals surface area contributed by atoms with Gasteiger partial charge in [-0.25, -0.2) is 13.1 Å². The molecular weight excluding hydrogens is 308 g/mol. The van der Waals surface area contributed by atoms with Crippen molar-refractivity contribution in [2.75, 3.05) is 12.0 Å². The van der Waals surface area contributed by atoms with Crippen LogP contribution in [0, 0.1) is 0 Å². The summed E-state index contributed by atoms with van der Waals surface area (Å²) in [6.45, 7) is 8.49. The van der Waals surface area contributed by atoms with Crippen LogP contribution >= 0.6 is 11.8 Å². The SMILES string of the molecule is CSCCC(C)NS(=O)(=O)c1ccc(CNC(C)(C)C)o1. The highest BCUT2D eigenvalue weighted by atomic mass is 32.2. The molecule has 0 fully saturated rings. The fraction of sp³-hybridized carbons (Fsp3) is 0.714. The summed E-state index contributed by atoms with van der Waals surface area (Å²) in [5.74, 6) is 1.53. The highest BCUT2D eigenvalue weighted by molar-refractivity contribution is 7.98. The van der Waals surface area contributed by atoms with E-state index in [1.165, 1.54) is 6.07 Å². The fourth-order valence-corrected chi connectivity index (χ4v) is 3.44. The molecule has 0 saturated heterocycles. The summed E-state index contributed by atoms with van der Waals surface area (Å²) < 4.78 is 32.4. The van der Waals surface area contributed by atoms with Gasteiger partial charge in [0.15, 0.2) is 0 Å². The molecule has 0 amide bonds. The van der Waals surface area contributed by atoms with E-state index >= 15 is 0 Å². The Hall–Kier alpha value is -0.500. The molecule has 0 aliphatic rings. The minimum atomic E-state index is -3.58. The van der Waals surface area contributed by atoms with Gasteiger partial charge in [0.2, 0.25) is 5.09 Å². The first-order chi connectivity index (χ1) is 9.64. The average Bonchev–Trinajstić information content (AvgIpc) is 2.82. The normalized spacial score (nSPS) is 14.3. The third kappa shape index (κ3) is 6.86. The second-order valence-corrected chi connectivity index (χ2v) is 8.76. The zero-order valence-corrected chi connectivity index (χ0v) is 15.0. The maximum Gasteiger partial charge on any atom is 0.274 e. The van der Waals surface area contributed by atoms with E-state index in [1.807, 2.05) is 34.0 Å². The largest absolute Gasteiger partial charge is 0.447 e. The Morgan fingerprint density at radius 3 is 2.57 bits per heavy atom. The Labute approximate surface area is 132 Å². The summed E-state index contributed by atoms with van der Waals surface area (Å²) in [5, 5.41) is 3.24. The summed E-state index contributed by atoms with van der Waals surface area (Å²) in [6, 6.07) is 3.09. The van der Waals surface area contributed by atoms with Crippen molar-refractivity contribution >= 4 is 21.8 Å². The van der Waals surface area contributed by atoms with Crippen LogP contribution in [0.2, 0.25) is 0 Å². The fourth-order valence-electron chi connectivity index (χ4n) is 1.63. The molecule has 1 heterocycles. The first-order valence-corrected chi connectivity index (χ1v) is 9.87. The smallest absolute Gasteiger partial charge is 0.274 e. The first kappa shape index (κ1) is 18.5. The van der Waals surface area contributed by atoms with E-state index in [-0.39, 0.29) is 16.7 Å². The molecule has 0 saturated carbocycles. The lowest BCUT2D eigenvalue weighted by Gasteiger charge is -2.19. The van der Waals surface area contributed by atoms with Gasteiger partial charge in [0.05, 0.1) is 6.54 Å². The summed E-state index contributed by atoms with van der Waals surface area (Å²) in [4.78, 5) is 0. The lowest BCUT2D eigenvalue weighted by molar-refractivity contribution is 0.358. The molecule has 0 aromatic carbocycles. The highest BCUT2D eigenvalue weighted by Crippen LogP contribution is 2.15. The maximum absolute atomic E-state index is 12.2. The summed E-state index contributed by atoms with van der Waals surface area (Å²) in [7, 11) is -3.58. The summed E-state index contributed by atoms with van der Waals surface area (Å²) in [5.41, 5.74) is -0.0452. The van der Waals surface area contributed by atoms with Crippen LogP contribution in [0.15, 0.2) is 21.6 Å². The molecule has 5 nitrogen and oxygen atoms in total. The Balaban J connectivity index is 2.65. The number of furan rings is 1. The zero-order valence-electron chi connectivity index (χ0n) is 13.4. The van der Waals surface area contributed by atoms with Crippen LogP contribution in [-0.2, 0) is 16.6 Å². The van der Waals surface area contributed by atoms with Crippen molar-refractivity contribution in [3.8, 4) is 0 Å². The van der Waals surface area contributed by atoms with Crippen LogP contribution in [-0.4, -0.2) is 32.0 Å². The minimum Gasteiger partial charge on any atom is -0.447 e. The number of hydrogen-bond acceptors (Lipinski definition) is 5. The van der Waals surface area contributed by atoms with E-state index in [9.17, 15) is 8.42 Å². The second-order valence-electron chi connectivity index (χ2n) is 6.13. The average molecular weight is 335 g/mol. The predicted molar refractivity (Wildman–Crippen MR) is 88.1 cm³/mol. The second kappa shape index (κ2) is 7.67. The number of sulfonamides is 1. The maximum atomic E-state index is 12.2. The van der Waals surface area contributed by atoms with E-state index in [0.29, 0.717) is 12.3 Å². The first-order valence-electron chi connectivity index (χ1n) is 6.99. The van der Waals surface area contributed by atoms with Gasteiger partial charge in [-0.1, -0.05) is 0 Å². The molecule has 1 aromatic heterocycles. The zero-order chi connectivity index (χ0) is 16.1. The highest BCUT2D eigenvalue weighted by Gasteiger charge is 2.21. The molecule has 0 radical (unpaired) electrons. The van der Waals surface area contributed by atoms with Crippen LogP contribution in [0.5, 0.6) is 0 Å². The summed E-state index contributed by atoms with van der Waals surface area (Å²) in [6.07, 6.45) is 2.79. The summed E-state index contributed by atoms with van der Waals surface area (Å²) >= 11 is 1.70. The van der Waals surface area contributed by atoms with Crippen molar-refractivity contribution in [2.45, 2.75) is 57.3 Å². The van der Waals surface area contributed by atoms with Gasteiger partial charge in [0.25, 0.3) is 10.0 Å². The molecule has 122 valence electrons. The topological polar surface area (TPSA) is 71.3 Å². The van der Waals surface area contributed by atoms with Crippen molar-refractivity contribution in [3.05, 3.63) is 17.9 Å². The molecular formula is C14H26N2O3S2. The molecule has 0 aliphatic heterocycles. The lowest BCUT2D eigenvalue weighted by atomic mass is 10.1. The van der Waals surface area contributed by atoms with Crippen LogP contribution in [0.25, 0.3) is 0 Å². The van der Waals surface area contributed by atoms with Gasteiger partial charge in [0.1, 0.15) is 5.76 Å². The van der Waals surface area contributed by atoms with Crippen molar-refractivity contribution < 1.29 is 12.8 Å². The van der Waals surface area contributed by atoms with Gasteiger partial charge in [-0.05, 0) is 58.3 Å². The third-order valence-electron chi connectivity index (χ3n) is 2.81. The van der Waals surface area contributed by atoms with E-state index in [2.05, 4.69) is 10.0 Å². The van der Waals surface area contributed by atoms with Crippen molar-refractivity contribution in [2.24, 2.45) is 0 Å². The van der Waals surface area contributed by atoms with E-state index in [4.69, 9.17) is 4.42 Å². The van der Waals surface area contributed by atoms with Crippen LogP contribution in [0.4, 0.5) is 0 Å². The number of thioether (sulfide) groups is 1. The van der Waals surface area contributed by atoms with Crippen molar-refractivity contribution in [1.29, 1.82) is 0 Å². The minimum absolute atomic E-state index is 0.0239. The van der Waals surface area contributed by atoms with E-state index < -0.39 is 10.0 Å². The van der Waals surface area contributed by atoms with Gasteiger partial charge in [-0.2, -0.15) is 11.8 Å². The molecule has 0 bridgehead atoms. The molecule has 7 heteroatoms. The monoisotopic (exact) mass is 334 g/mol. The number of hydrogen-bond donors (Lipinski definition) is 2. The predicted octanol–water partition coefficient (Wildman–Crippen LogP) is 2.59. The van der Waals surface area contributed by atoms with Crippen LogP contribution < -0.4 is 10.0 Å². The quantitative estimate of drug-likeness (QED) is 0.764. The Morgan fingerprint density at radius 1 is 1.33 bits per heavy atom. The Morgan fingerprint density at radius 2 is 2.00 bits per heavy atom. The van der Waals surface area contributed by atoms with Gasteiger partial charge in [-0.3, -0.25) is 0 Å². The molecule has 21 heavy (non-hydrogen) atoms. The Kier molecular flexibility index (Phi) is 6.77. The third-order valence-corrected chi connectivity index (χ3v) is 4.91. The molecule has 1 atom stereocenters. The van der Waals surface area contributed by atoms with E-state index in [0.717, 1.165) is 12.2 Å². The van der Waals surface area contributed by atoms with E-state index in [1.54, 1.807) is 17.8 Å². The van der Waals surface area contributed by atoms with Crippen LogP contribution in [0.3, 0.4) is 0 Å². The number of nitrogens with one attached hydrogen (secondary N) is 2.